The number of allylic oxidation sites excluding steroid dienone is 2. The van der Waals surface area contributed by atoms with Crippen molar-refractivity contribution in [3.8, 4) is 0 Å². The van der Waals surface area contributed by atoms with Crippen LogP contribution in [0.4, 0.5) is 0 Å². The molecule has 18 heavy (non-hydrogen) atoms. The standard InChI is InChI=1S/C16H31NO/c1-6-17(7-2)12-13-18-16(4,5)15-10-8-14(3)9-11-15/h8,15H,6-7,9-13H2,1-5H3. The smallest absolute Gasteiger partial charge is 0.0658 e. The molecule has 0 radical (unpaired) electrons. The van der Waals surface area contributed by atoms with Crippen LogP contribution in [-0.4, -0.2) is 36.7 Å². The van der Waals surface area contributed by atoms with Crippen molar-refractivity contribution in [2.45, 2.75) is 59.5 Å². The predicted octanol–water partition coefficient (Wildman–Crippen LogP) is 3.87. The van der Waals surface area contributed by atoms with Gasteiger partial charge < -0.3 is 9.64 Å². The number of hydrogen-bond acceptors (Lipinski definition) is 2. The molecular weight excluding hydrogens is 222 g/mol. The molecule has 106 valence electrons. The van der Waals surface area contributed by atoms with Gasteiger partial charge in [-0.3, -0.25) is 0 Å². The van der Waals surface area contributed by atoms with E-state index >= 15 is 0 Å². The topological polar surface area (TPSA) is 12.5 Å². The van der Waals surface area contributed by atoms with Crippen LogP contribution in [0.2, 0.25) is 0 Å². The highest BCUT2D eigenvalue weighted by atomic mass is 16.5. The first-order chi connectivity index (χ1) is 8.49. The van der Waals surface area contributed by atoms with Gasteiger partial charge in [0.15, 0.2) is 0 Å². The Morgan fingerprint density at radius 3 is 2.50 bits per heavy atom. The van der Waals surface area contributed by atoms with Gasteiger partial charge in [0.1, 0.15) is 0 Å². The van der Waals surface area contributed by atoms with Crippen molar-refractivity contribution in [2.24, 2.45) is 5.92 Å². The second-order valence-electron chi connectivity index (χ2n) is 6.00. The Balaban J connectivity index is 2.35. The molecule has 0 fully saturated rings. The van der Waals surface area contributed by atoms with E-state index in [1.807, 2.05) is 0 Å². The minimum Gasteiger partial charge on any atom is -0.374 e. The molecule has 1 unspecified atom stereocenters. The van der Waals surface area contributed by atoms with E-state index in [0.29, 0.717) is 5.92 Å². The molecule has 2 heteroatoms. The number of nitrogens with zero attached hydrogens (tertiary/aromatic N) is 1. The average Bonchev–Trinajstić information content (AvgIpc) is 2.35. The fourth-order valence-corrected chi connectivity index (χ4v) is 2.69. The molecule has 0 saturated heterocycles. The van der Waals surface area contributed by atoms with Gasteiger partial charge in [0.05, 0.1) is 12.2 Å². The lowest BCUT2D eigenvalue weighted by Gasteiger charge is -2.36. The highest BCUT2D eigenvalue weighted by Gasteiger charge is 2.30. The molecule has 0 N–H and O–H groups in total. The molecular formula is C16H31NO. The Kier molecular flexibility index (Phi) is 6.37. The third-order valence-electron chi connectivity index (χ3n) is 4.40. The Hall–Kier alpha value is -0.340. The quantitative estimate of drug-likeness (QED) is 0.639. The molecule has 1 atom stereocenters. The number of rotatable bonds is 7. The normalized spacial score (nSPS) is 21.2. The average molecular weight is 253 g/mol. The van der Waals surface area contributed by atoms with Gasteiger partial charge in [0.2, 0.25) is 0 Å². The number of likely N-dealkylation sites (N-methyl/N-ethyl adjacent to an activating group) is 1. The highest BCUT2D eigenvalue weighted by Crippen LogP contribution is 2.33. The summed E-state index contributed by atoms with van der Waals surface area (Å²) in [5, 5.41) is 0. The zero-order valence-electron chi connectivity index (χ0n) is 13.0. The molecule has 0 aromatic rings. The second kappa shape index (κ2) is 7.30. The minimum atomic E-state index is 0.0182. The van der Waals surface area contributed by atoms with Gasteiger partial charge in [-0.25, -0.2) is 0 Å². The summed E-state index contributed by atoms with van der Waals surface area (Å²) in [6.45, 7) is 15.3. The fraction of sp³-hybridized carbons (Fsp3) is 0.875. The van der Waals surface area contributed by atoms with Crippen molar-refractivity contribution in [2.75, 3.05) is 26.2 Å². The fourth-order valence-electron chi connectivity index (χ4n) is 2.69. The molecule has 0 spiro atoms. The molecule has 0 amide bonds. The summed E-state index contributed by atoms with van der Waals surface area (Å²) in [7, 11) is 0. The molecule has 1 aliphatic carbocycles. The zero-order valence-corrected chi connectivity index (χ0v) is 13.0. The first-order valence-electron chi connectivity index (χ1n) is 7.51. The Morgan fingerprint density at radius 1 is 1.33 bits per heavy atom. The van der Waals surface area contributed by atoms with Crippen molar-refractivity contribution in [1.29, 1.82) is 0 Å². The van der Waals surface area contributed by atoms with Crippen molar-refractivity contribution in [1.82, 2.24) is 4.90 Å². The van der Waals surface area contributed by atoms with Gasteiger partial charge in [0.25, 0.3) is 0 Å². The maximum atomic E-state index is 6.17. The van der Waals surface area contributed by atoms with Crippen LogP contribution in [0.1, 0.15) is 53.9 Å². The Labute approximate surface area is 113 Å². The lowest BCUT2D eigenvalue weighted by molar-refractivity contribution is -0.0682. The highest BCUT2D eigenvalue weighted by molar-refractivity contribution is 5.05. The molecule has 0 aliphatic heterocycles. The van der Waals surface area contributed by atoms with Crippen molar-refractivity contribution >= 4 is 0 Å². The van der Waals surface area contributed by atoms with Crippen LogP contribution in [0.3, 0.4) is 0 Å². The lowest BCUT2D eigenvalue weighted by atomic mass is 9.79. The van der Waals surface area contributed by atoms with E-state index in [9.17, 15) is 0 Å². The van der Waals surface area contributed by atoms with Crippen LogP contribution in [0, 0.1) is 5.92 Å². The lowest BCUT2D eigenvalue weighted by Crippen LogP contribution is -2.38. The van der Waals surface area contributed by atoms with Crippen LogP contribution in [-0.2, 0) is 4.74 Å². The monoisotopic (exact) mass is 253 g/mol. The predicted molar refractivity (Wildman–Crippen MR) is 78.9 cm³/mol. The molecule has 2 nitrogen and oxygen atoms in total. The van der Waals surface area contributed by atoms with Crippen molar-refractivity contribution in [3.63, 3.8) is 0 Å². The van der Waals surface area contributed by atoms with Crippen molar-refractivity contribution in [3.05, 3.63) is 11.6 Å². The van der Waals surface area contributed by atoms with E-state index < -0.39 is 0 Å². The van der Waals surface area contributed by atoms with Crippen LogP contribution in [0.15, 0.2) is 11.6 Å². The summed E-state index contributed by atoms with van der Waals surface area (Å²) in [5.74, 6) is 0.679. The van der Waals surface area contributed by atoms with Crippen molar-refractivity contribution < 1.29 is 4.74 Å². The second-order valence-corrected chi connectivity index (χ2v) is 6.00. The van der Waals surface area contributed by atoms with Crippen LogP contribution < -0.4 is 0 Å². The maximum Gasteiger partial charge on any atom is 0.0658 e. The third-order valence-corrected chi connectivity index (χ3v) is 4.40. The third kappa shape index (κ3) is 4.74. The Morgan fingerprint density at radius 2 is 2.00 bits per heavy atom. The first-order valence-corrected chi connectivity index (χ1v) is 7.51. The van der Waals surface area contributed by atoms with Gasteiger partial charge in [-0.1, -0.05) is 25.5 Å². The van der Waals surface area contributed by atoms with Gasteiger partial charge >= 0.3 is 0 Å². The molecule has 1 rings (SSSR count). The minimum absolute atomic E-state index is 0.0182. The van der Waals surface area contributed by atoms with Gasteiger partial charge in [-0.2, -0.15) is 0 Å². The van der Waals surface area contributed by atoms with Crippen LogP contribution in [0.5, 0.6) is 0 Å². The van der Waals surface area contributed by atoms with E-state index in [1.54, 1.807) is 5.57 Å². The molecule has 0 aromatic heterocycles. The largest absolute Gasteiger partial charge is 0.374 e. The number of ether oxygens (including phenoxy) is 1. The number of hydrogen-bond donors (Lipinski definition) is 0. The van der Waals surface area contributed by atoms with E-state index in [-0.39, 0.29) is 5.60 Å². The van der Waals surface area contributed by atoms with Crippen LogP contribution >= 0.6 is 0 Å². The molecule has 0 aromatic carbocycles. The summed E-state index contributed by atoms with van der Waals surface area (Å²) in [6, 6.07) is 0. The van der Waals surface area contributed by atoms with Crippen LogP contribution in [0.25, 0.3) is 0 Å². The summed E-state index contributed by atoms with van der Waals surface area (Å²) in [6.07, 6.45) is 6.10. The molecule has 0 bridgehead atoms. The van der Waals surface area contributed by atoms with Gasteiger partial charge in [0, 0.05) is 6.54 Å². The molecule has 0 saturated carbocycles. The summed E-state index contributed by atoms with van der Waals surface area (Å²) < 4.78 is 6.17. The van der Waals surface area contributed by atoms with E-state index in [0.717, 1.165) is 26.2 Å². The maximum absolute atomic E-state index is 6.17. The molecule has 1 aliphatic rings. The Bertz CT molecular complexity index is 266. The summed E-state index contributed by atoms with van der Waals surface area (Å²) >= 11 is 0. The molecule has 0 heterocycles. The summed E-state index contributed by atoms with van der Waals surface area (Å²) in [5.41, 5.74) is 1.56. The van der Waals surface area contributed by atoms with Gasteiger partial charge in [-0.15, -0.1) is 0 Å². The van der Waals surface area contributed by atoms with Gasteiger partial charge in [-0.05, 0) is 59.0 Å². The summed E-state index contributed by atoms with van der Waals surface area (Å²) in [4.78, 5) is 2.42. The zero-order chi connectivity index (χ0) is 13.6. The van der Waals surface area contributed by atoms with E-state index in [4.69, 9.17) is 4.74 Å². The van der Waals surface area contributed by atoms with E-state index in [1.165, 1.54) is 19.3 Å². The SMILES string of the molecule is CCN(CC)CCOC(C)(C)C1CC=C(C)CC1. The first kappa shape index (κ1) is 15.7. The van der Waals surface area contributed by atoms with E-state index in [2.05, 4.69) is 45.6 Å².